The van der Waals surface area contributed by atoms with Gasteiger partial charge in [-0.05, 0) is 0 Å². The first-order valence-electron chi connectivity index (χ1n) is 1.41. The Morgan fingerprint density at radius 2 is 0.800 bits per heavy atom. The van der Waals surface area contributed by atoms with Crippen LogP contribution in [0.5, 0.6) is 0 Å². The number of rotatable bonds is 0. The molecular weight excluding hydrogens is 88.1 g/mol. The zero-order chi connectivity index (χ0) is 4.00. The molecule has 0 N–H and O–H groups in total. The van der Waals surface area contributed by atoms with Gasteiger partial charge in [-0.2, -0.15) is 13.8 Å². The first kappa shape index (κ1) is 16.3. The molecule has 0 unspecified atom stereocenters. The van der Waals surface area contributed by atoms with E-state index < -0.39 is 0 Å². The summed E-state index contributed by atoms with van der Waals surface area (Å²) in [6, 6.07) is 0. The van der Waals surface area contributed by atoms with Crippen LogP contribution in [-0.2, 0) is 0 Å². The van der Waals surface area contributed by atoms with E-state index in [4.69, 9.17) is 0 Å². The monoisotopic (exact) mass is 98.0 g/mol. The maximum Gasteiger partial charge on any atom is 2.00 e. The third-order valence-corrected chi connectivity index (χ3v) is 0. The summed E-state index contributed by atoms with van der Waals surface area (Å²) in [6.07, 6.45) is 0. The predicted octanol–water partition coefficient (Wildman–Crippen LogP) is 1.30. The van der Waals surface area contributed by atoms with Crippen LogP contribution in [0.1, 0.15) is 13.8 Å². The summed E-state index contributed by atoms with van der Waals surface area (Å²) in [7, 11) is 0. The molecule has 0 saturated carbocycles. The minimum Gasteiger partial charge on any atom is -0.346 e. The van der Waals surface area contributed by atoms with E-state index in [2.05, 4.69) is 13.8 Å². The normalized spacial score (nSPS) is 2.40. The van der Waals surface area contributed by atoms with Crippen molar-refractivity contribution in [3.8, 4) is 0 Å². The average molecular weight is 98.2 g/mol. The summed E-state index contributed by atoms with van der Waals surface area (Å²) in [5.74, 6) is 0. The topological polar surface area (TPSA) is 0 Å². The van der Waals surface area contributed by atoms with Crippen molar-refractivity contribution in [1.29, 1.82) is 0 Å². The van der Waals surface area contributed by atoms with Crippen LogP contribution < -0.4 is 0 Å². The van der Waals surface area contributed by atoms with Crippen LogP contribution in [0.4, 0.5) is 0 Å². The van der Waals surface area contributed by atoms with E-state index >= 15 is 0 Å². The average Bonchev–Trinajstić information content (AvgIpc) is 1.50. The first-order valence-corrected chi connectivity index (χ1v) is 1.41. The summed E-state index contributed by atoms with van der Waals surface area (Å²) in [6.45, 7) is 10.0. The smallest absolute Gasteiger partial charge is 0.346 e. The van der Waals surface area contributed by atoms with Crippen LogP contribution in [-0.4, -0.2) is 37.7 Å². The maximum absolute atomic E-state index is 3.25. The Balaban J connectivity index is -0.0000000133. The maximum atomic E-state index is 3.25. The van der Waals surface area contributed by atoms with E-state index in [9.17, 15) is 0 Å². The minimum atomic E-state index is 0. The fraction of sp³-hybridized carbons (Fsp3) is 0.500. The molecule has 0 aromatic rings. The fourth-order valence-electron chi connectivity index (χ4n) is 0. The first-order chi connectivity index (χ1) is 2.00. The molecule has 0 amide bonds. The van der Waals surface area contributed by atoms with E-state index in [-0.39, 0.29) is 37.7 Å². The van der Waals surface area contributed by atoms with Crippen LogP contribution in [0.15, 0.2) is 0 Å². The quantitative estimate of drug-likeness (QED) is 0.316. The van der Waals surface area contributed by atoms with Crippen LogP contribution in [0, 0.1) is 13.8 Å². The van der Waals surface area contributed by atoms with Crippen molar-refractivity contribution in [1.82, 2.24) is 0 Å². The van der Waals surface area contributed by atoms with Gasteiger partial charge >= 0.3 is 37.7 Å². The molecule has 1 heteroatoms. The van der Waals surface area contributed by atoms with Gasteiger partial charge in [-0.1, -0.05) is 0 Å². The Kier molecular flexibility index (Phi) is 196. The summed E-state index contributed by atoms with van der Waals surface area (Å²) in [5, 5.41) is 0. The van der Waals surface area contributed by atoms with Gasteiger partial charge in [0.2, 0.25) is 0 Å². The molecule has 28 valence electrons. The fourth-order valence-corrected chi connectivity index (χ4v) is 0. The third kappa shape index (κ3) is 35.2. The van der Waals surface area contributed by atoms with Gasteiger partial charge in [0.1, 0.15) is 0 Å². The Morgan fingerprint density at radius 3 is 0.800 bits per heavy atom. The molecule has 0 radical (unpaired) electrons. The second kappa shape index (κ2) is 60.1. The minimum absolute atomic E-state index is 0. The molecule has 0 heterocycles. The molecule has 0 aliphatic carbocycles. The summed E-state index contributed by atoms with van der Waals surface area (Å²) < 4.78 is 0. The second-order valence-corrected chi connectivity index (χ2v) is 0. The molecular formula is C4H10Ca. The van der Waals surface area contributed by atoms with E-state index in [1.54, 1.807) is 13.8 Å². The third-order valence-electron chi connectivity index (χ3n) is 0. The molecule has 5 heavy (non-hydrogen) atoms. The Labute approximate surface area is 65.0 Å². The van der Waals surface area contributed by atoms with Crippen LogP contribution in [0.25, 0.3) is 0 Å². The molecule has 0 fully saturated rings. The van der Waals surface area contributed by atoms with Crippen molar-refractivity contribution in [2.24, 2.45) is 0 Å². The van der Waals surface area contributed by atoms with Crippen molar-refractivity contribution in [2.75, 3.05) is 0 Å². The van der Waals surface area contributed by atoms with Gasteiger partial charge in [-0.25, -0.2) is 0 Å². The van der Waals surface area contributed by atoms with E-state index in [0.717, 1.165) is 0 Å². The molecule has 0 nitrogen and oxygen atoms in total. The van der Waals surface area contributed by atoms with Gasteiger partial charge in [0.05, 0.1) is 0 Å². The molecule has 0 rings (SSSR count). The number of hydrogen-bond acceptors (Lipinski definition) is 0. The van der Waals surface area contributed by atoms with E-state index in [1.807, 2.05) is 0 Å². The second-order valence-electron chi connectivity index (χ2n) is 0. The van der Waals surface area contributed by atoms with Gasteiger partial charge in [0.25, 0.3) is 0 Å². The molecule has 0 aromatic carbocycles. The molecule has 0 spiro atoms. The van der Waals surface area contributed by atoms with Crippen molar-refractivity contribution in [3.05, 3.63) is 13.8 Å². The standard InChI is InChI=1S/2C2H5.Ca/c2*1-2;/h2*1H2,2H3;/q2*-1;+2. The summed E-state index contributed by atoms with van der Waals surface area (Å²) >= 11 is 0. The molecule has 0 aliphatic rings. The van der Waals surface area contributed by atoms with Crippen molar-refractivity contribution < 1.29 is 0 Å². The SMILES string of the molecule is [CH2-]C.[CH2-]C.[Ca+2]. The molecule has 0 bridgehead atoms. The van der Waals surface area contributed by atoms with Crippen molar-refractivity contribution in [2.45, 2.75) is 13.8 Å². The zero-order valence-electron chi connectivity index (χ0n) is 4.12. The predicted molar refractivity (Wildman–Crippen MR) is 27.8 cm³/mol. The van der Waals surface area contributed by atoms with Gasteiger partial charge in [-0.15, -0.1) is 0 Å². The van der Waals surface area contributed by atoms with E-state index in [1.165, 1.54) is 0 Å². The van der Waals surface area contributed by atoms with Gasteiger partial charge < -0.3 is 13.8 Å². The van der Waals surface area contributed by atoms with Gasteiger partial charge in [-0.3, -0.25) is 0 Å². The summed E-state index contributed by atoms with van der Waals surface area (Å²) in [4.78, 5) is 0. The number of hydrogen-bond donors (Lipinski definition) is 0. The van der Waals surface area contributed by atoms with Crippen LogP contribution >= 0.6 is 0 Å². The van der Waals surface area contributed by atoms with Crippen molar-refractivity contribution >= 4 is 37.7 Å². The largest absolute Gasteiger partial charge is 2.00 e. The Hall–Kier alpha value is 1.26. The molecule has 0 atom stereocenters. The molecule has 0 aliphatic heterocycles. The zero-order valence-corrected chi connectivity index (χ0v) is 6.33. The van der Waals surface area contributed by atoms with Crippen LogP contribution in [0.2, 0.25) is 0 Å². The van der Waals surface area contributed by atoms with E-state index in [0.29, 0.717) is 0 Å². The van der Waals surface area contributed by atoms with Crippen molar-refractivity contribution in [3.63, 3.8) is 0 Å². The van der Waals surface area contributed by atoms with Gasteiger partial charge in [0, 0.05) is 0 Å². The van der Waals surface area contributed by atoms with Gasteiger partial charge in [0.15, 0.2) is 0 Å². The Bertz CT molecular complexity index is 3.61. The Morgan fingerprint density at radius 1 is 0.800 bits per heavy atom. The summed E-state index contributed by atoms with van der Waals surface area (Å²) in [5.41, 5.74) is 0. The molecule has 0 aromatic heterocycles. The van der Waals surface area contributed by atoms with Crippen LogP contribution in [0.3, 0.4) is 0 Å². The molecule has 0 saturated heterocycles.